The number of nitrogens with one attached hydrogen (secondary N) is 1. The van der Waals surface area contributed by atoms with Gasteiger partial charge in [-0.05, 0) is 68.2 Å². The summed E-state index contributed by atoms with van der Waals surface area (Å²) in [5, 5.41) is 2.77. The van der Waals surface area contributed by atoms with Gasteiger partial charge in [0.15, 0.2) is 0 Å². The predicted molar refractivity (Wildman–Crippen MR) is 117 cm³/mol. The van der Waals surface area contributed by atoms with E-state index in [1.807, 2.05) is 13.0 Å². The molecule has 34 heavy (non-hydrogen) atoms. The highest BCUT2D eigenvalue weighted by Gasteiger charge is 2.38. The van der Waals surface area contributed by atoms with Crippen LogP contribution in [0.3, 0.4) is 0 Å². The lowest BCUT2D eigenvalue weighted by Crippen LogP contribution is -2.34. The lowest BCUT2D eigenvalue weighted by Gasteiger charge is -2.31. The van der Waals surface area contributed by atoms with E-state index >= 15 is 0 Å². The molecule has 1 fully saturated rings. The van der Waals surface area contributed by atoms with Crippen molar-refractivity contribution in [3.05, 3.63) is 45.9 Å². The summed E-state index contributed by atoms with van der Waals surface area (Å²) in [6, 6.07) is 1.78. The van der Waals surface area contributed by atoms with Gasteiger partial charge in [-0.25, -0.2) is 0 Å². The minimum absolute atomic E-state index is 0.0881. The van der Waals surface area contributed by atoms with Gasteiger partial charge in [0, 0.05) is 19.7 Å². The number of aliphatic imine (C=N–C) groups is 1. The molecule has 0 atom stereocenters. The van der Waals surface area contributed by atoms with Crippen molar-refractivity contribution in [1.29, 1.82) is 0 Å². The maximum absolute atomic E-state index is 13.4. The number of piperidine rings is 1. The summed E-state index contributed by atoms with van der Waals surface area (Å²) in [4.78, 5) is 18.2. The Morgan fingerprint density at radius 3 is 2.50 bits per heavy atom. The zero-order valence-corrected chi connectivity index (χ0v) is 19.2. The standard InChI is InChI=1S/C22H25F6N3O2S/c1-2-33-10-7-29-19-18(34-20(32)30-19)11-14-5-8-31(9-6-14)13-15-3-4-16(21(23,24)25)12-17(15)22(26,27)28/h3-4,11-12,14H,2,5-10,13H2,1H3,(H,29,30,32). The molecule has 5 nitrogen and oxygen atoms in total. The number of likely N-dealkylation sites (tertiary alicyclic amines) is 1. The number of halogens is 6. The third-order valence-corrected chi connectivity index (χ3v) is 6.35. The molecule has 0 unspecified atom stereocenters. The van der Waals surface area contributed by atoms with Crippen LogP contribution in [0, 0.1) is 5.92 Å². The monoisotopic (exact) mass is 509 g/mol. The van der Waals surface area contributed by atoms with Crippen LogP contribution in [0.25, 0.3) is 0 Å². The average molecular weight is 510 g/mol. The van der Waals surface area contributed by atoms with Gasteiger partial charge >= 0.3 is 17.6 Å². The molecule has 1 aromatic rings. The Balaban J connectivity index is 1.61. The van der Waals surface area contributed by atoms with Crippen molar-refractivity contribution in [2.45, 2.75) is 38.7 Å². The van der Waals surface area contributed by atoms with Crippen molar-refractivity contribution in [2.24, 2.45) is 10.9 Å². The molecule has 2 aliphatic rings. The van der Waals surface area contributed by atoms with Gasteiger partial charge in [-0.1, -0.05) is 12.1 Å². The highest BCUT2D eigenvalue weighted by molar-refractivity contribution is 8.18. The van der Waals surface area contributed by atoms with Crippen LogP contribution in [0.4, 0.5) is 31.1 Å². The topological polar surface area (TPSA) is 53.9 Å². The Morgan fingerprint density at radius 2 is 1.88 bits per heavy atom. The van der Waals surface area contributed by atoms with Crippen molar-refractivity contribution in [3.8, 4) is 0 Å². The van der Waals surface area contributed by atoms with Gasteiger partial charge in [-0.2, -0.15) is 31.3 Å². The molecule has 12 heteroatoms. The first-order valence-electron chi connectivity index (χ1n) is 10.8. The molecule has 188 valence electrons. The summed E-state index contributed by atoms with van der Waals surface area (Å²) in [6.07, 6.45) is -6.47. The van der Waals surface area contributed by atoms with Crippen LogP contribution in [0.1, 0.15) is 36.5 Å². The highest BCUT2D eigenvalue weighted by atomic mass is 32.2. The van der Waals surface area contributed by atoms with E-state index in [9.17, 15) is 31.1 Å². The van der Waals surface area contributed by atoms with Gasteiger partial charge in [0.05, 0.1) is 22.6 Å². The van der Waals surface area contributed by atoms with E-state index in [0.29, 0.717) is 57.6 Å². The maximum Gasteiger partial charge on any atom is 0.416 e. The van der Waals surface area contributed by atoms with Gasteiger partial charge in [-0.15, -0.1) is 0 Å². The van der Waals surface area contributed by atoms with Crippen molar-refractivity contribution < 1.29 is 35.9 Å². The zero-order chi connectivity index (χ0) is 24.9. The molecule has 1 N–H and O–H groups in total. The second kappa shape index (κ2) is 11.1. The van der Waals surface area contributed by atoms with Crippen molar-refractivity contribution >= 4 is 22.8 Å². The summed E-state index contributed by atoms with van der Waals surface area (Å²) in [6.45, 7) is 4.32. The fraction of sp³-hybridized carbons (Fsp3) is 0.545. The Morgan fingerprint density at radius 1 is 1.18 bits per heavy atom. The van der Waals surface area contributed by atoms with Gasteiger partial charge in [0.25, 0.3) is 0 Å². The molecule has 1 saturated heterocycles. The van der Waals surface area contributed by atoms with E-state index in [1.54, 1.807) is 4.90 Å². The second-order valence-corrected chi connectivity index (χ2v) is 8.96. The van der Waals surface area contributed by atoms with Crippen molar-refractivity contribution in [1.82, 2.24) is 10.2 Å². The number of nitrogens with zero attached hydrogens (tertiary/aromatic N) is 2. The number of amidine groups is 1. The minimum atomic E-state index is -4.88. The van der Waals surface area contributed by atoms with E-state index < -0.39 is 23.5 Å². The Hall–Kier alpha value is -2.05. The maximum atomic E-state index is 13.4. The molecular formula is C22H25F6N3O2S. The molecule has 1 amide bonds. The van der Waals surface area contributed by atoms with Crippen LogP contribution >= 0.6 is 11.8 Å². The number of allylic oxidation sites excluding steroid dienone is 1. The first kappa shape index (κ1) is 26.6. The van der Waals surface area contributed by atoms with E-state index in [4.69, 9.17) is 4.74 Å². The summed E-state index contributed by atoms with van der Waals surface area (Å²) in [7, 11) is 0. The van der Waals surface area contributed by atoms with Crippen LogP contribution < -0.4 is 5.32 Å². The number of rotatable bonds is 7. The van der Waals surface area contributed by atoms with E-state index in [-0.39, 0.29) is 29.3 Å². The third-order valence-electron chi connectivity index (χ3n) is 5.53. The number of benzene rings is 1. The van der Waals surface area contributed by atoms with Crippen LogP contribution in [0.2, 0.25) is 0 Å². The minimum Gasteiger partial charge on any atom is -0.380 e. The smallest absolute Gasteiger partial charge is 0.380 e. The Labute approximate surface area is 197 Å². The summed E-state index contributed by atoms with van der Waals surface area (Å²) >= 11 is 1.03. The number of hydrogen-bond acceptors (Lipinski definition) is 5. The average Bonchev–Trinajstić information content (AvgIpc) is 3.10. The first-order valence-corrected chi connectivity index (χ1v) is 11.6. The number of carbonyl (C=O) groups is 1. The molecule has 0 bridgehead atoms. The summed E-state index contributed by atoms with van der Waals surface area (Å²) < 4.78 is 84.2. The number of amides is 1. The largest absolute Gasteiger partial charge is 0.416 e. The van der Waals surface area contributed by atoms with Crippen molar-refractivity contribution in [2.75, 3.05) is 32.8 Å². The summed E-state index contributed by atoms with van der Waals surface area (Å²) in [5.41, 5.74) is -2.75. The third kappa shape index (κ3) is 7.22. The van der Waals surface area contributed by atoms with Gasteiger partial charge < -0.3 is 10.1 Å². The van der Waals surface area contributed by atoms with E-state index in [1.165, 1.54) is 0 Å². The lowest BCUT2D eigenvalue weighted by atomic mass is 9.95. The molecular weight excluding hydrogens is 484 g/mol. The molecule has 0 spiro atoms. The van der Waals surface area contributed by atoms with Crippen molar-refractivity contribution in [3.63, 3.8) is 0 Å². The number of carbonyl (C=O) groups excluding carboxylic acids is 1. The number of hydrogen-bond donors (Lipinski definition) is 1. The Kier molecular flexibility index (Phi) is 8.69. The molecule has 3 rings (SSSR count). The van der Waals surface area contributed by atoms with E-state index in [0.717, 1.165) is 22.7 Å². The lowest BCUT2D eigenvalue weighted by molar-refractivity contribution is -0.143. The highest BCUT2D eigenvalue weighted by Crippen LogP contribution is 2.38. The second-order valence-electron chi connectivity index (χ2n) is 7.96. The van der Waals surface area contributed by atoms with Crippen LogP contribution in [-0.2, 0) is 23.6 Å². The normalized spacial score (nSPS) is 19.7. The van der Waals surface area contributed by atoms with Crippen LogP contribution in [0.5, 0.6) is 0 Å². The number of ether oxygens (including phenoxy) is 1. The fourth-order valence-corrected chi connectivity index (χ4v) is 4.62. The molecule has 1 aromatic carbocycles. The molecule has 2 heterocycles. The molecule has 0 aliphatic carbocycles. The fourth-order valence-electron chi connectivity index (χ4n) is 3.82. The summed E-state index contributed by atoms with van der Waals surface area (Å²) in [5.74, 6) is 0.606. The van der Waals surface area contributed by atoms with Gasteiger partial charge in [-0.3, -0.25) is 9.69 Å². The number of alkyl halides is 6. The SMILES string of the molecule is CCOCCNC1=NC(=O)SC1=CC1CCN(Cc2ccc(C(F)(F)F)cc2C(F)(F)F)CC1. The molecule has 2 aliphatic heterocycles. The van der Waals surface area contributed by atoms with Crippen LogP contribution in [0.15, 0.2) is 34.2 Å². The van der Waals surface area contributed by atoms with Gasteiger partial charge in [0.1, 0.15) is 5.84 Å². The predicted octanol–water partition coefficient (Wildman–Crippen LogP) is 5.71. The molecule has 0 aromatic heterocycles. The van der Waals surface area contributed by atoms with E-state index in [2.05, 4.69) is 10.3 Å². The first-order chi connectivity index (χ1) is 16.0. The van der Waals surface area contributed by atoms with Crippen LogP contribution in [-0.4, -0.2) is 48.8 Å². The Bertz CT molecular complexity index is 938. The molecule has 0 radical (unpaired) electrons. The molecule has 0 saturated carbocycles. The zero-order valence-electron chi connectivity index (χ0n) is 18.4. The van der Waals surface area contributed by atoms with Gasteiger partial charge in [0.2, 0.25) is 0 Å². The number of thioether (sulfide) groups is 1. The quantitative estimate of drug-likeness (QED) is 0.377.